The van der Waals surface area contributed by atoms with Crippen molar-refractivity contribution in [2.24, 2.45) is 0 Å². The van der Waals surface area contributed by atoms with Crippen LogP contribution in [-0.4, -0.2) is 40.3 Å². The molecule has 2 aliphatic rings. The number of aryl methyl sites for hydroxylation is 2. The predicted molar refractivity (Wildman–Crippen MR) is 117 cm³/mol. The number of para-hydroxylation sites is 1. The van der Waals surface area contributed by atoms with Gasteiger partial charge in [-0.3, -0.25) is 9.59 Å². The van der Waals surface area contributed by atoms with Crippen LogP contribution >= 0.6 is 11.6 Å². The Hall–Kier alpha value is -2.79. The van der Waals surface area contributed by atoms with Crippen LogP contribution in [0.15, 0.2) is 36.4 Å². The monoisotopic (exact) mass is 422 g/mol. The third kappa shape index (κ3) is 3.08. The van der Waals surface area contributed by atoms with Crippen LogP contribution in [0.1, 0.15) is 51.2 Å². The van der Waals surface area contributed by atoms with Crippen LogP contribution in [-0.2, 0) is 0 Å². The van der Waals surface area contributed by atoms with Crippen LogP contribution in [0, 0.1) is 13.8 Å². The number of aromatic nitrogens is 1. The van der Waals surface area contributed by atoms with E-state index < -0.39 is 5.60 Å². The van der Waals surface area contributed by atoms with Gasteiger partial charge in [-0.1, -0.05) is 23.7 Å². The highest BCUT2D eigenvalue weighted by molar-refractivity contribution is 6.35. The highest BCUT2D eigenvalue weighted by Crippen LogP contribution is 2.40. The van der Waals surface area contributed by atoms with Gasteiger partial charge in [-0.25, -0.2) is 0 Å². The molecule has 1 amide bonds. The van der Waals surface area contributed by atoms with Gasteiger partial charge in [0.15, 0.2) is 5.78 Å². The molecule has 1 spiro atoms. The van der Waals surface area contributed by atoms with E-state index in [0.29, 0.717) is 54.4 Å². The largest absolute Gasteiger partial charge is 0.486 e. The normalized spacial score (nSPS) is 17.8. The summed E-state index contributed by atoms with van der Waals surface area (Å²) in [6.07, 6.45) is 1.64. The fraction of sp³-hybridized carbons (Fsp3) is 0.333. The summed E-state index contributed by atoms with van der Waals surface area (Å²) in [6, 6.07) is 11.3. The Morgan fingerprint density at radius 3 is 2.60 bits per heavy atom. The number of fused-ring (bicyclic) bond motifs is 2. The maximum atomic E-state index is 13.0. The van der Waals surface area contributed by atoms with E-state index in [-0.39, 0.29) is 11.7 Å². The molecule has 1 N–H and O–H groups in total. The van der Waals surface area contributed by atoms with Crippen molar-refractivity contribution in [3.63, 3.8) is 0 Å². The molecule has 5 nitrogen and oxygen atoms in total. The van der Waals surface area contributed by atoms with Gasteiger partial charge < -0.3 is 14.6 Å². The minimum absolute atomic E-state index is 0.0499. The molecule has 0 bridgehead atoms. The lowest BCUT2D eigenvalue weighted by molar-refractivity contribution is -0.00587. The van der Waals surface area contributed by atoms with Gasteiger partial charge in [-0.2, -0.15) is 0 Å². The first kappa shape index (κ1) is 19.2. The molecule has 0 unspecified atom stereocenters. The molecule has 1 aromatic heterocycles. The van der Waals surface area contributed by atoms with Gasteiger partial charge in [0.25, 0.3) is 5.91 Å². The van der Waals surface area contributed by atoms with Crippen molar-refractivity contribution >= 4 is 34.2 Å². The lowest BCUT2D eigenvalue weighted by atomic mass is 9.82. The lowest BCUT2D eigenvalue weighted by Crippen LogP contribution is -2.52. The van der Waals surface area contributed by atoms with E-state index in [2.05, 4.69) is 4.98 Å². The summed E-state index contributed by atoms with van der Waals surface area (Å²) in [6.45, 7) is 5.14. The maximum absolute atomic E-state index is 13.0. The van der Waals surface area contributed by atoms with Crippen molar-refractivity contribution in [2.45, 2.75) is 38.7 Å². The molecule has 3 aromatic rings. The topological polar surface area (TPSA) is 62.4 Å². The number of nitrogens with one attached hydrogen (secondary N) is 1. The number of hydrogen-bond acceptors (Lipinski definition) is 3. The number of aromatic amines is 1. The zero-order chi connectivity index (χ0) is 21.0. The third-order valence-corrected chi connectivity index (χ3v) is 6.82. The van der Waals surface area contributed by atoms with Crippen molar-refractivity contribution in [1.82, 2.24) is 9.88 Å². The van der Waals surface area contributed by atoms with Gasteiger partial charge in [0.1, 0.15) is 17.0 Å². The summed E-state index contributed by atoms with van der Waals surface area (Å²) in [5.74, 6) is 0.759. The fourth-order valence-electron chi connectivity index (χ4n) is 4.55. The van der Waals surface area contributed by atoms with E-state index in [0.717, 1.165) is 22.0 Å². The van der Waals surface area contributed by atoms with E-state index in [1.165, 1.54) is 0 Å². The number of piperidine rings is 1. The molecule has 2 aromatic carbocycles. The maximum Gasteiger partial charge on any atom is 0.270 e. The van der Waals surface area contributed by atoms with Crippen molar-refractivity contribution in [2.75, 3.05) is 13.1 Å². The molecule has 0 atom stereocenters. The van der Waals surface area contributed by atoms with Gasteiger partial charge in [-0.05, 0) is 49.2 Å². The summed E-state index contributed by atoms with van der Waals surface area (Å²) < 4.78 is 6.38. The molecule has 30 heavy (non-hydrogen) atoms. The van der Waals surface area contributed by atoms with E-state index in [1.807, 2.05) is 49.1 Å². The highest BCUT2D eigenvalue weighted by atomic mass is 35.5. The van der Waals surface area contributed by atoms with Crippen LogP contribution < -0.4 is 4.74 Å². The minimum atomic E-state index is -0.522. The van der Waals surface area contributed by atoms with Gasteiger partial charge in [0.05, 0.1) is 22.5 Å². The molecule has 154 valence electrons. The Bertz CT molecular complexity index is 1190. The first-order chi connectivity index (χ1) is 14.3. The first-order valence-corrected chi connectivity index (χ1v) is 10.6. The highest BCUT2D eigenvalue weighted by Gasteiger charge is 2.44. The van der Waals surface area contributed by atoms with E-state index in [1.54, 1.807) is 6.07 Å². The Kier molecular flexibility index (Phi) is 4.40. The molecule has 0 radical (unpaired) electrons. The van der Waals surface area contributed by atoms with Crippen molar-refractivity contribution in [3.05, 3.63) is 63.8 Å². The Balaban J connectivity index is 1.34. The van der Waals surface area contributed by atoms with Crippen LogP contribution in [0.2, 0.25) is 5.02 Å². The second kappa shape index (κ2) is 6.88. The van der Waals surface area contributed by atoms with Gasteiger partial charge >= 0.3 is 0 Å². The molecule has 6 heteroatoms. The molecule has 0 aliphatic carbocycles. The number of H-pyrrole nitrogens is 1. The number of nitrogens with zero attached hydrogens (tertiary/aromatic N) is 1. The smallest absolute Gasteiger partial charge is 0.270 e. The van der Waals surface area contributed by atoms with Gasteiger partial charge in [0.2, 0.25) is 0 Å². The number of carbonyl (C=O) groups excluding carboxylic acids is 2. The van der Waals surface area contributed by atoms with Crippen molar-refractivity contribution < 1.29 is 14.3 Å². The number of halogens is 1. The minimum Gasteiger partial charge on any atom is -0.486 e. The molecular formula is C24H23ClN2O3. The molecule has 2 aliphatic heterocycles. The summed E-state index contributed by atoms with van der Waals surface area (Å²) in [4.78, 5) is 30.8. The zero-order valence-corrected chi connectivity index (χ0v) is 17.8. The fourth-order valence-corrected chi connectivity index (χ4v) is 4.78. The molecule has 0 saturated carbocycles. The molecular weight excluding hydrogens is 400 g/mol. The van der Waals surface area contributed by atoms with Crippen molar-refractivity contribution in [3.8, 4) is 5.75 Å². The van der Waals surface area contributed by atoms with Crippen LogP contribution in [0.5, 0.6) is 5.75 Å². The van der Waals surface area contributed by atoms with Gasteiger partial charge in [0, 0.05) is 31.3 Å². The third-order valence-electron chi connectivity index (χ3n) is 6.50. The SMILES string of the molecule is Cc1cc2c(cc1C)C(=O)CC1(CCN(C(=O)c3cc4cccc(Cl)c4[nH]3)CC1)O2. The standard InChI is InChI=1S/C24H23ClN2O3/c1-14-10-17-20(28)13-24(30-21(17)11-15(14)2)6-8-27(9-7-24)23(29)19-12-16-4-3-5-18(25)22(16)26-19/h3-5,10-12,26H,6-9,13H2,1-2H3. The number of ether oxygens (including phenoxy) is 1. The zero-order valence-electron chi connectivity index (χ0n) is 17.0. The Morgan fingerprint density at radius 2 is 1.87 bits per heavy atom. The number of carbonyl (C=O) groups is 2. The Morgan fingerprint density at radius 1 is 1.13 bits per heavy atom. The number of likely N-dealkylation sites (tertiary alicyclic amines) is 1. The number of amides is 1. The number of hydrogen-bond donors (Lipinski definition) is 1. The van der Waals surface area contributed by atoms with Crippen LogP contribution in [0.4, 0.5) is 0 Å². The number of Topliss-reactive ketones (excluding diaryl/α,β-unsaturated/α-hetero) is 1. The van der Waals surface area contributed by atoms with Gasteiger partial charge in [-0.15, -0.1) is 0 Å². The average Bonchev–Trinajstić information content (AvgIpc) is 3.16. The molecule has 1 fully saturated rings. The number of benzene rings is 2. The Labute approximate surface area is 180 Å². The van der Waals surface area contributed by atoms with Crippen LogP contribution in [0.25, 0.3) is 10.9 Å². The molecule has 5 rings (SSSR count). The lowest BCUT2D eigenvalue weighted by Gasteiger charge is -2.44. The quantitative estimate of drug-likeness (QED) is 0.595. The van der Waals surface area contributed by atoms with E-state index in [4.69, 9.17) is 16.3 Å². The van der Waals surface area contributed by atoms with Crippen LogP contribution in [0.3, 0.4) is 0 Å². The van der Waals surface area contributed by atoms with Crippen molar-refractivity contribution in [1.29, 1.82) is 0 Å². The first-order valence-electron chi connectivity index (χ1n) is 10.3. The summed E-state index contributed by atoms with van der Waals surface area (Å²) >= 11 is 6.23. The number of rotatable bonds is 1. The second-order valence-corrected chi connectivity index (χ2v) is 8.90. The average molecular weight is 423 g/mol. The molecule has 1 saturated heterocycles. The molecule has 3 heterocycles. The summed E-state index contributed by atoms with van der Waals surface area (Å²) in [7, 11) is 0. The summed E-state index contributed by atoms with van der Waals surface area (Å²) in [5, 5.41) is 1.52. The number of ketones is 1. The van der Waals surface area contributed by atoms with E-state index >= 15 is 0 Å². The van der Waals surface area contributed by atoms with E-state index in [9.17, 15) is 9.59 Å². The predicted octanol–water partition coefficient (Wildman–Crippen LogP) is 5.08. The second-order valence-electron chi connectivity index (χ2n) is 8.50. The summed E-state index contributed by atoms with van der Waals surface area (Å²) in [5.41, 5.74) is 3.68.